The van der Waals surface area contributed by atoms with Gasteiger partial charge in [0, 0.05) is 0 Å². The molecule has 1 saturated heterocycles. The van der Waals surface area contributed by atoms with E-state index in [1.165, 1.54) is 8.94 Å². The van der Waals surface area contributed by atoms with Gasteiger partial charge in [-0.3, -0.25) is 0 Å². The van der Waals surface area contributed by atoms with Crippen LogP contribution in [0.5, 0.6) is 0 Å². The number of hydrogen-bond donors (Lipinski definition) is 0. The summed E-state index contributed by atoms with van der Waals surface area (Å²) in [4.78, 5) is 13.5. The van der Waals surface area contributed by atoms with Gasteiger partial charge in [0.1, 0.15) is 0 Å². The minimum absolute atomic E-state index is 0.0798. The van der Waals surface area contributed by atoms with E-state index in [1.807, 2.05) is 24.3 Å². The molecule has 1 aliphatic heterocycles. The second-order valence-corrected chi connectivity index (χ2v) is 7.28. The van der Waals surface area contributed by atoms with Gasteiger partial charge in [-0.1, -0.05) is 0 Å². The van der Waals surface area contributed by atoms with Crippen molar-refractivity contribution in [3.05, 3.63) is 49.8 Å². The van der Waals surface area contributed by atoms with Crippen LogP contribution in [0.2, 0.25) is 0 Å². The molecule has 19 heavy (non-hydrogen) atoms. The van der Waals surface area contributed by atoms with Crippen LogP contribution in [0.25, 0.3) is 0 Å². The number of carbonyl (C=O) groups excluding carboxylic acids is 1. The van der Waals surface area contributed by atoms with Crippen LogP contribution in [0.4, 0.5) is 5.69 Å². The molecule has 0 saturated carbocycles. The summed E-state index contributed by atoms with van der Waals surface area (Å²) >= 11 is 11.9. The number of anilines is 1. The molecule has 1 fully saturated rings. The van der Waals surface area contributed by atoms with Crippen LogP contribution in [-0.4, -0.2) is 33.8 Å². The van der Waals surface area contributed by atoms with E-state index >= 15 is 0 Å². The summed E-state index contributed by atoms with van der Waals surface area (Å²) in [7, 11) is 0. The van der Waals surface area contributed by atoms with Gasteiger partial charge in [0.05, 0.1) is 0 Å². The second kappa shape index (κ2) is 6.62. The van der Waals surface area contributed by atoms with E-state index in [0.29, 0.717) is 0 Å². The van der Waals surface area contributed by atoms with Crippen molar-refractivity contribution in [2.45, 2.75) is 6.92 Å². The Kier molecular flexibility index (Phi) is 5.12. The molecule has 0 spiro atoms. The number of ketones is 1. The van der Waals surface area contributed by atoms with Crippen molar-refractivity contribution in [3.63, 3.8) is 0 Å². The van der Waals surface area contributed by atoms with Gasteiger partial charge < -0.3 is 0 Å². The zero-order valence-corrected chi connectivity index (χ0v) is 13.6. The predicted molar refractivity (Wildman–Crippen MR) is 82.3 cm³/mol. The molecule has 0 radical (unpaired) electrons. The molecule has 1 aromatic carbocycles. The third-order valence-electron chi connectivity index (χ3n) is 2.84. The van der Waals surface area contributed by atoms with Crippen molar-refractivity contribution in [1.82, 2.24) is 0 Å². The number of hydrogen-bond acceptors (Lipinski definition) is 2. The topological polar surface area (TPSA) is 20.3 Å². The summed E-state index contributed by atoms with van der Waals surface area (Å²) in [6.45, 7) is 3.20. The number of nitrogens with zero attached hydrogens (tertiary/aromatic N) is 1. The Bertz CT molecular complexity index is 517. The van der Waals surface area contributed by atoms with Crippen molar-refractivity contribution < 1.29 is 4.79 Å². The standard InChI is InChI=1S/C14H13Cl2NOSe/c1-10(18)11-2-4-12(5-3-11)17-8-13(6-15)19-14(7-16)9-17/h2-7H,8-9H2,1H3/b13-6+,14-7+. The molecule has 0 N–H and O–H groups in total. The Balaban J connectivity index is 2.23. The molecule has 0 unspecified atom stereocenters. The molecule has 0 amide bonds. The van der Waals surface area contributed by atoms with E-state index in [9.17, 15) is 4.79 Å². The van der Waals surface area contributed by atoms with Crippen LogP contribution in [0.3, 0.4) is 0 Å². The molecule has 0 bridgehead atoms. The zero-order valence-electron chi connectivity index (χ0n) is 10.4. The maximum atomic E-state index is 11.3. The molecule has 0 aromatic heterocycles. The molecular formula is C14H13Cl2NOSe. The van der Waals surface area contributed by atoms with E-state index in [1.54, 1.807) is 18.0 Å². The summed E-state index contributed by atoms with van der Waals surface area (Å²) in [5.74, 6) is 0.0798. The monoisotopic (exact) mass is 361 g/mol. The van der Waals surface area contributed by atoms with Crippen LogP contribution in [0, 0.1) is 0 Å². The van der Waals surface area contributed by atoms with Gasteiger partial charge in [-0.25, -0.2) is 0 Å². The average molecular weight is 361 g/mol. The Morgan fingerprint density at radius 1 is 1.16 bits per heavy atom. The Morgan fingerprint density at radius 3 is 2.11 bits per heavy atom. The van der Waals surface area contributed by atoms with Gasteiger partial charge in [0.2, 0.25) is 0 Å². The van der Waals surface area contributed by atoms with Crippen LogP contribution in [-0.2, 0) is 0 Å². The van der Waals surface area contributed by atoms with E-state index in [4.69, 9.17) is 23.2 Å². The molecule has 1 aromatic rings. The predicted octanol–water partition coefficient (Wildman–Crippen LogP) is 3.57. The van der Waals surface area contributed by atoms with Gasteiger partial charge in [-0.05, 0) is 0 Å². The summed E-state index contributed by atoms with van der Waals surface area (Å²) in [6.07, 6.45) is 0. The maximum absolute atomic E-state index is 11.3. The van der Waals surface area contributed by atoms with Crippen molar-refractivity contribution >= 4 is 49.6 Å². The number of rotatable bonds is 2. The summed E-state index contributed by atoms with van der Waals surface area (Å²) in [6, 6.07) is 7.64. The fourth-order valence-corrected chi connectivity index (χ4v) is 4.29. The van der Waals surface area contributed by atoms with Crippen molar-refractivity contribution in [2.75, 3.05) is 18.0 Å². The first kappa shape index (κ1) is 14.7. The molecular weight excluding hydrogens is 348 g/mol. The van der Waals surface area contributed by atoms with Gasteiger partial charge in [-0.2, -0.15) is 0 Å². The molecule has 5 heteroatoms. The van der Waals surface area contributed by atoms with E-state index in [2.05, 4.69) is 4.90 Å². The number of halogens is 2. The second-order valence-electron chi connectivity index (χ2n) is 4.21. The fourth-order valence-electron chi connectivity index (χ4n) is 1.87. The summed E-state index contributed by atoms with van der Waals surface area (Å²) in [5, 5.41) is 0. The van der Waals surface area contributed by atoms with Gasteiger partial charge in [0.15, 0.2) is 0 Å². The van der Waals surface area contributed by atoms with Crippen LogP contribution in [0.1, 0.15) is 17.3 Å². The molecule has 0 aliphatic carbocycles. The van der Waals surface area contributed by atoms with Crippen LogP contribution >= 0.6 is 23.2 Å². The third-order valence-corrected chi connectivity index (χ3v) is 6.09. The summed E-state index contributed by atoms with van der Waals surface area (Å²) in [5.41, 5.74) is 5.10. The van der Waals surface area contributed by atoms with Crippen LogP contribution < -0.4 is 4.90 Å². The third kappa shape index (κ3) is 3.64. The van der Waals surface area contributed by atoms with E-state index in [0.717, 1.165) is 24.3 Å². The van der Waals surface area contributed by atoms with Crippen molar-refractivity contribution in [1.29, 1.82) is 0 Å². The van der Waals surface area contributed by atoms with Gasteiger partial charge in [-0.15, -0.1) is 0 Å². The van der Waals surface area contributed by atoms with Crippen molar-refractivity contribution in [2.24, 2.45) is 0 Å². The minimum atomic E-state index is 0.0798. The number of Topliss-reactive ketones (excluding diaryl/α,β-unsaturated/α-hetero) is 1. The first-order valence-electron chi connectivity index (χ1n) is 5.76. The van der Waals surface area contributed by atoms with E-state index in [-0.39, 0.29) is 20.7 Å². The zero-order chi connectivity index (χ0) is 13.8. The molecule has 2 rings (SSSR count). The Labute approximate surface area is 129 Å². The van der Waals surface area contributed by atoms with Crippen LogP contribution in [0.15, 0.2) is 44.3 Å². The Hall–Kier alpha value is -0.731. The first-order chi connectivity index (χ1) is 9.13. The van der Waals surface area contributed by atoms with E-state index < -0.39 is 0 Å². The van der Waals surface area contributed by atoms with Crippen molar-refractivity contribution in [3.8, 4) is 0 Å². The molecule has 1 aliphatic rings. The molecule has 100 valence electrons. The summed E-state index contributed by atoms with van der Waals surface area (Å²) < 4.78 is 2.39. The fraction of sp³-hybridized carbons (Fsp3) is 0.214. The average Bonchev–Trinajstić information content (AvgIpc) is 2.46. The van der Waals surface area contributed by atoms with Gasteiger partial charge >= 0.3 is 129 Å². The Morgan fingerprint density at radius 2 is 1.68 bits per heavy atom. The quantitative estimate of drug-likeness (QED) is 0.593. The first-order valence-corrected chi connectivity index (χ1v) is 8.35. The van der Waals surface area contributed by atoms with Gasteiger partial charge in [0.25, 0.3) is 0 Å². The molecule has 2 nitrogen and oxygen atoms in total. The normalized spacial score (nSPS) is 20.1. The SMILES string of the molecule is CC(=O)c1ccc(N2C/C(=C\Cl)[Se]/C(=C/Cl)C2)cc1. The molecule has 1 heterocycles. The number of carbonyl (C=O) groups is 1. The molecule has 0 atom stereocenters. The number of benzene rings is 1.